The predicted octanol–water partition coefficient (Wildman–Crippen LogP) is 0.480. The summed E-state index contributed by atoms with van der Waals surface area (Å²) < 4.78 is 0. The number of hydrogen-bond donors (Lipinski definition) is 4. The molecule has 3 atom stereocenters. The second-order valence-electron chi connectivity index (χ2n) is 5.17. The summed E-state index contributed by atoms with van der Waals surface area (Å²) in [6.07, 6.45) is 2.04. The van der Waals surface area contributed by atoms with Gasteiger partial charge >= 0.3 is 5.97 Å². The molecule has 0 saturated carbocycles. The molecule has 0 aromatic carbocycles. The van der Waals surface area contributed by atoms with E-state index in [1.807, 2.05) is 0 Å². The normalized spacial score (nSPS) is 15.9. The Balaban J connectivity index is 4.35. The van der Waals surface area contributed by atoms with E-state index in [-0.39, 0.29) is 5.92 Å². The summed E-state index contributed by atoms with van der Waals surface area (Å²) >= 11 is 0. The molecular formula is C13H26N2O4. The second kappa shape index (κ2) is 8.87. The van der Waals surface area contributed by atoms with Gasteiger partial charge < -0.3 is 21.3 Å². The third-order valence-electron chi connectivity index (χ3n) is 3.05. The maximum atomic E-state index is 11.7. The summed E-state index contributed by atoms with van der Waals surface area (Å²) in [4.78, 5) is 22.7. The molecule has 0 aliphatic heterocycles. The first-order valence-corrected chi connectivity index (χ1v) is 6.78. The molecule has 0 unspecified atom stereocenters. The van der Waals surface area contributed by atoms with E-state index in [1.54, 1.807) is 13.8 Å². The van der Waals surface area contributed by atoms with Crippen LogP contribution in [-0.4, -0.2) is 40.3 Å². The third kappa shape index (κ3) is 6.54. The van der Waals surface area contributed by atoms with E-state index in [1.165, 1.54) is 0 Å². The smallest absolute Gasteiger partial charge is 0.326 e. The van der Waals surface area contributed by atoms with Crippen molar-refractivity contribution in [1.29, 1.82) is 0 Å². The van der Waals surface area contributed by atoms with E-state index < -0.39 is 30.1 Å². The standard InChI is InChI=1S/C13H26N2O4/c1-4-5-6-7-9(14)11(16)12(17)15-10(8(2)3)13(18)19/h8-11,16H,4-7,14H2,1-3H3,(H,15,17)(H,18,19)/t9-,10-,11-/m0/s1. The van der Waals surface area contributed by atoms with Crippen LogP contribution in [-0.2, 0) is 9.59 Å². The molecule has 0 aliphatic carbocycles. The van der Waals surface area contributed by atoms with Crippen molar-refractivity contribution >= 4 is 11.9 Å². The van der Waals surface area contributed by atoms with E-state index in [0.717, 1.165) is 19.3 Å². The molecule has 0 aromatic rings. The van der Waals surface area contributed by atoms with Crippen LogP contribution in [0.15, 0.2) is 0 Å². The zero-order chi connectivity index (χ0) is 15.0. The summed E-state index contributed by atoms with van der Waals surface area (Å²) in [5.74, 6) is -2.09. The van der Waals surface area contributed by atoms with Crippen molar-refractivity contribution in [2.24, 2.45) is 11.7 Å². The molecule has 19 heavy (non-hydrogen) atoms. The van der Waals surface area contributed by atoms with Gasteiger partial charge in [0.1, 0.15) is 12.1 Å². The monoisotopic (exact) mass is 274 g/mol. The number of unbranched alkanes of at least 4 members (excludes halogenated alkanes) is 2. The number of aliphatic carboxylic acids is 1. The van der Waals surface area contributed by atoms with Crippen LogP contribution in [0, 0.1) is 5.92 Å². The van der Waals surface area contributed by atoms with Crippen molar-refractivity contribution in [1.82, 2.24) is 5.32 Å². The molecule has 0 bridgehead atoms. The number of hydrogen-bond acceptors (Lipinski definition) is 4. The molecule has 0 spiro atoms. The summed E-state index contributed by atoms with van der Waals surface area (Å²) in [6.45, 7) is 5.42. The third-order valence-corrected chi connectivity index (χ3v) is 3.05. The average molecular weight is 274 g/mol. The lowest BCUT2D eigenvalue weighted by atomic mass is 10.0. The van der Waals surface area contributed by atoms with E-state index in [9.17, 15) is 14.7 Å². The second-order valence-corrected chi connectivity index (χ2v) is 5.17. The molecule has 0 aromatic heterocycles. The van der Waals surface area contributed by atoms with Crippen LogP contribution >= 0.6 is 0 Å². The SMILES string of the molecule is CCCCC[C@H](N)[C@H](O)C(=O)N[C@H](C(=O)O)C(C)C. The highest BCUT2D eigenvalue weighted by Crippen LogP contribution is 2.07. The highest BCUT2D eigenvalue weighted by atomic mass is 16.4. The zero-order valence-electron chi connectivity index (χ0n) is 11.9. The van der Waals surface area contributed by atoms with Crippen LogP contribution in [0.2, 0.25) is 0 Å². The Hall–Kier alpha value is -1.14. The van der Waals surface area contributed by atoms with Gasteiger partial charge in [-0.15, -0.1) is 0 Å². The molecule has 1 amide bonds. The van der Waals surface area contributed by atoms with Crippen LogP contribution in [0.3, 0.4) is 0 Å². The van der Waals surface area contributed by atoms with Crippen molar-refractivity contribution in [3.8, 4) is 0 Å². The molecule has 0 heterocycles. The molecule has 0 aliphatic rings. The molecule has 6 nitrogen and oxygen atoms in total. The van der Waals surface area contributed by atoms with Gasteiger partial charge in [0.25, 0.3) is 5.91 Å². The van der Waals surface area contributed by atoms with Gasteiger partial charge in [0.05, 0.1) is 0 Å². The van der Waals surface area contributed by atoms with Gasteiger partial charge in [0.15, 0.2) is 0 Å². The number of carboxylic acids is 1. The number of nitrogens with two attached hydrogens (primary N) is 1. The molecule has 0 fully saturated rings. The fourth-order valence-electron chi connectivity index (χ4n) is 1.73. The first-order valence-electron chi connectivity index (χ1n) is 6.78. The number of aliphatic hydroxyl groups is 1. The number of carbonyl (C=O) groups is 2. The van der Waals surface area contributed by atoms with Gasteiger partial charge in [0.2, 0.25) is 0 Å². The van der Waals surface area contributed by atoms with Crippen molar-refractivity contribution in [3.05, 3.63) is 0 Å². The molecule has 6 heteroatoms. The Kier molecular flexibility index (Phi) is 8.34. The highest BCUT2D eigenvalue weighted by Gasteiger charge is 2.29. The first kappa shape index (κ1) is 17.9. The Morgan fingerprint density at radius 3 is 2.26 bits per heavy atom. The number of aliphatic hydroxyl groups excluding tert-OH is 1. The summed E-state index contributed by atoms with van der Waals surface area (Å²) in [5, 5.41) is 21.0. The quantitative estimate of drug-likeness (QED) is 0.457. The minimum absolute atomic E-state index is 0.259. The van der Waals surface area contributed by atoms with Crippen molar-refractivity contribution in [2.45, 2.75) is 64.6 Å². The van der Waals surface area contributed by atoms with Crippen molar-refractivity contribution < 1.29 is 19.8 Å². The number of carboxylic acid groups (broad SMARTS) is 1. The van der Waals surface area contributed by atoms with Crippen molar-refractivity contribution in [2.75, 3.05) is 0 Å². The lowest BCUT2D eigenvalue weighted by molar-refractivity contribution is -0.145. The molecule has 0 radical (unpaired) electrons. The number of carbonyl (C=O) groups excluding carboxylic acids is 1. The Labute approximate surface area is 114 Å². The van der Waals surface area contributed by atoms with E-state index in [0.29, 0.717) is 6.42 Å². The number of rotatable bonds is 9. The molecular weight excluding hydrogens is 248 g/mol. The predicted molar refractivity (Wildman–Crippen MR) is 72.5 cm³/mol. The molecule has 0 rings (SSSR count). The number of amides is 1. The van der Waals surface area contributed by atoms with Gasteiger partial charge in [-0.2, -0.15) is 0 Å². The zero-order valence-corrected chi connectivity index (χ0v) is 11.9. The van der Waals surface area contributed by atoms with Gasteiger partial charge in [-0.05, 0) is 12.3 Å². The van der Waals surface area contributed by atoms with Gasteiger partial charge in [-0.3, -0.25) is 4.79 Å². The average Bonchev–Trinajstić information content (AvgIpc) is 2.33. The van der Waals surface area contributed by atoms with Crippen LogP contribution in [0.25, 0.3) is 0 Å². The largest absolute Gasteiger partial charge is 0.480 e. The van der Waals surface area contributed by atoms with Crippen molar-refractivity contribution in [3.63, 3.8) is 0 Å². The fourth-order valence-corrected chi connectivity index (χ4v) is 1.73. The lowest BCUT2D eigenvalue weighted by Crippen LogP contribution is -2.52. The minimum atomic E-state index is -1.36. The van der Waals surface area contributed by atoms with E-state index in [4.69, 9.17) is 10.8 Å². The maximum Gasteiger partial charge on any atom is 0.326 e. The molecule has 0 saturated heterocycles. The first-order chi connectivity index (χ1) is 8.81. The van der Waals surface area contributed by atoms with Gasteiger partial charge in [-0.1, -0.05) is 40.0 Å². The fraction of sp³-hybridized carbons (Fsp3) is 0.846. The Morgan fingerprint density at radius 2 is 1.84 bits per heavy atom. The molecule has 112 valence electrons. The van der Waals surface area contributed by atoms with Crippen LogP contribution in [0.1, 0.15) is 46.5 Å². The summed E-state index contributed by atoms with van der Waals surface area (Å²) in [6, 6.07) is -1.67. The summed E-state index contributed by atoms with van der Waals surface area (Å²) in [5.41, 5.74) is 5.73. The lowest BCUT2D eigenvalue weighted by Gasteiger charge is -2.23. The number of nitrogens with one attached hydrogen (secondary N) is 1. The van der Waals surface area contributed by atoms with Crippen LogP contribution in [0.5, 0.6) is 0 Å². The van der Waals surface area contributed by atoms with E-state index in [2.05, 4.69) is 12.2 Å². The Bertz CT molecular complexity index is 294. The van der Waals surface area contributed by atoms with Crippen LogP contribution < -0.4 is 11.1 Å². The highest BCUT2D eigenvalue weighted by molar-refractivity contribution is 5.86. The Morgan fingerprint density at radius 1 is 1.26 bits per heavy atom. The summed E-state index contributed by atoms with van der Waals surface area (Å²) in [7, 11) is 0. The van der Waals surface area contributed by atoms with Gasteiger partial charge in [-0.25, -0.2) is 4.79 Å². The maximum absolute atomic E-state index is 11.7. The molecule has 5 N–H and O–H groups in total. The minimum Gasteiger partial charge on any atom is -0.480 e. The van der Waals surface area contributed by atoms with Gasteiger partial charge in [0, 0.05) is 6.04 Å². The topological polar surface area (TPSA) is 113 Å². The van der Waals surface area contributed by atoms with E-state index >= 15 is 0 Å². The van der Waals surface area contributed by atoms with Crippen LogP contribution in [0.4, 0.5) is 0 Å².